The molecule has 0 bridgehead atoms. The SMILES string of the molecule is COC(=O)c1ccc(/C=C/C(=O)Nc2ccccc2C)cc1. The van der Waals surface area contributed by atoms with Crippen LogP contribution in [0.5, 0.6) is 0 Å². The molecule has 4 heteroatoms. The monoisotopic (exact) mass is 295 g/mol. The molecule has 0 aliphatic rings. The highest BCUT2D eigenvalue weighted by atomic mass is 16.5. The van der Waals surface area contributed by atoms with Crippen LogP contribution in [-0.4, -0.2) is 19.0 Å². The summed E-state index contributed by atoms with van der Waals surface area (Å²) in [6.45, 7) is 1.94. The van der Waals surface area contributed by atoms with Crippen LogP contribution < -0.4 is 5.32 Å². The predicted octanol–water partition coefficient (Wildman–Crippen LogP) is 3.43. The van der Waals surface area contributed by atoms with E-state index in [0.29, 0.717) is 5.56 Å². The maximum atomic E-state index is 11.9. The van der Waals surface area contributed by atoms with Crippen LogP contribution in [0.2, 0.25) is 0 Å². The van der Waals surface area contributed by atoms with Crippen molar-refractivity contribution in [2.75, 3.05) is 12.4 Å². The molecular formula is C18H17NO3. The molecule has 1 amide bonds. The molecule has 0 aliphatic carbocycles. The normalized spacial score (nSPS) is 10.5. The van der Waals surface area contributed by atoms with E-state index in [9.17, 15) is 9.59 Å². The third-order valence-corrected chi connectivity index (χ3v) is 3.16. The van der Waals surface area contributed by atoms with Gasteiger partial charge in [-0.05, 0) is 42.3 Å². The number of hydrogen-bond donors (Lipinski definition) is 1. The predicted molar refractivity (Wildman–Crippen MR) is 86.6 cm³/mol. The minimum atomic E-state index is -0.382. The van der Waals surface area contributed by atoms with Gasteiger partial charge in [0.05, 0.1) is 12.7 Å². The zero-order valence-corrected chi connectivity index (χ0v) is 12.5. The van der Waals surface area contributed by atoms with E-state index in [0.717, 1.165) is 16.8 Å². The molecule has 0 spiro atoms. The fraction of sp³-hybridized carbons (Fsp3) is 0.111. The summed E-state index contributed by atoms with van der Waals surface area (Å²) >= 11 is 0. The van der Waals surface area contributed by atoms with Gasteiger partial charge in [0.25, 0.3) is 0 Å². The van der Waals surface area contributed by atoms with Gasteiger partial charge in [0.15, 0.2) is 0 Å². The highest BCUT2D eigenvalue weighted by molar-refractivity contribution is 6.02. The number of rotatable bonds is 4. The zero-order chi connectivity index (χ0) is 15.9. The first kappa shape index (κ1) is 15.5. The average molecular weight is 295 g/mol. The van der Waals surface area contributed by atoms with Crippen molar-refractivity contribution in [3.63, 3.8) is 0 Å². The molecule has 0 radical (unpaired) electrons. The molecule has 1 N–H and O–H groups in total. The molecular weight excluding hydrogens is 278 g/mol. The molecule has 0 aromatic heterocycles. The summed E-state index contributed by atoms with van der Waals surface area (Å²) in [6, 6.07) is 14.4. The molecule has 0 heterocycles. The number of anilines is 1. The van der Waals surface area contributed by atoms with Crippen LogP contribution in [0, 0.1) is 6.92 Å². The van der Waals surface area contributed by atoms with Crippen molar-refractivity contribution in [3.8, 4) is 0 Å². The van der Waals surface area contributed by atoms with Crippen LogP contribution in [0.1, 0.15) is 21.5 Å². The first-order chi connectivity index (χ1) is 10.6. The van der Waals surface area contributed by atoms with Crippen LogP contribution >= 0.6 is 0 Å². The van der Waals surface area contributed by atoms with Crippen LogP contribution in [0.15, 0.2) is 54.6 Å². The van der Waals surface area contributed by atoms with Crippen molar-refractivity contribution >= 4 is 23.6 Å². The average Bonchev–Trinajstić information content (AvgIpc) is 2.55. The Balaban J connectivity index is 2.01. The number of para-hydroxylation sites is 1. The number of amides is 1. The number of carbonyl (C=O) groups is 2. The Bertz CT molecular complexity index is 703. The van der Waals surface area contributed by atoms with E-state index in [1.54, 1.807) is 30.3 Å². The summed E-state index contributed by atoms with van der Waals surface area (Å²) in [7, 11) is 1.34. The van der Waals surface area contributed by atoms with E-state index in [1.807, 2.05) is 31.2 Å². The standard InChI is InChI=1S/C18H17NO3/c1-13-5-3-4-6-16(13)19-17(20)12-9-14-7-10-15(11-8-14)18(21)22-2/h3-12H,1-2H3,(H,19,20)/b12-9+. The number of benzene rings is 2. The highest BCUT2D eigenvalue weighted by Crippen LogP contribution is 2.13. The molecule has 112 valence electrons. The number of carbonyl (C=O) groups excluding carboxylic acids is 2. The molecule has 0 aliphatic heterocycles. The van der Waals surface area contributed by atoms with Crippen molar-refractivity contribution in [2.45, 2.75) is 6.92 Å². The molecule has 22 heavy (non-hydrogen) atoms. The van der Waals surface area contributed by atoms with Crippen LogP contribution in [0.3, 0.4) is 0 Å². The second-order valence-corrected chi connectivity index (χ2v) is 4.75. The maximum absolute atomic E-state index is 11.9. The second-order valence-electron chi connectivity index (χ2n) is 4.75. The number of esters is 1. The van der Waals surface area contributed by atoms with Gasteiger partial charge in [-0.2, -0.15) is 0 Å². The molecule has 0 unspecified atom stereocenters. The molecule has 0 saturated carbocycles. The minimum absolute atomic E-state index is 0.202. The first-order valence-electron chi connectivity index (χ1n) is 6.83. The lowest BCUT2D eigenvalue weighted by Gasteiger charge is -2.05. The molecule has 2 aromatic rings. The van der Waals surface area contributed by atoms with Gasteiger partial charge in [-0.3, -0.25) is 4.79 Å². The molecule has 0 fully saturated rings. The fourth-order valence-electron chi connectivity index (χ4n) is 1.91. The van der Waals surface area contributed by atoms with E-state index < -0.39 is 0 Å². The van der Waals surface area contributed by atoms with Gasteiger partial charge in [-0.25, -0.2) is 4.79 Å². The Kier molecular flexibility index (Phi) is 5.09. The Morgan fingerprint density at radius 3 is 2.36 bits per heavy atom. The van der Waals surface area contributed by atoms with Gasteiger partial charge < -0.3 is 10.1 Å². The van der Waals surface area contributed by atoms with Crippen molar-refractivity contribution in [1.29, 1.82) is 0 Å². The van der Waals surface area contributed by atoms with Gasteiger partial charge in [-0.1, -0.05) is 30.3 Å². The third-order valence-electron chi connectivity index (χ3n) is 3.16. The summed E-state index contributed by atoms with van der Waals surface area (Å²) in [5, 5.41) is 2.82. The first-order valence-corrected chi connectivity index (χ1v) is 6.83. The van der Waals surface area contributed by atoms with Crippen LogP contribution in [0.4, 0.5) is 5.69 Å². The van der Waals surface area contributed by atoms with E-state index in [2.05, 4.69) is 10.1 Å². The van der Waals surface area contributed by atoms with E-state index >= 15 is 0 Å². The molecule has 0 saturated heterocycles. The maximum Gasteiger partial charge on any atom is 0.337 e. The lowest BCUT2D eigenvalue weighted by molar-refractivity contribution is -0.111. The molecule has 0 atom stereocenters. The lowest BCUT2D eigenvalue weighted by Crippen LogP contribution is -2.08. The number of hydrogen-bond acceptors (Lipinski definition) is 3. The largest absolute Gasteiger partial charge is 0.465 e. The van der Waals surface area contributed by atoms with Crippen molar-refractivity contribution < 1.29 is 14.3 Å². The van der Waals surface area contributed by atoms with Gasteiger partial charge in [-0.15, -0.1) is 0 Å². The Morgan fingerprint density at radius 1 is 1.05 bits per heavy atom. The van der Waals surface area contributed by atoms with Crippen LogP contribution in [-0.2, 0) is 9.53 Å². The topological polar surface area (TPSA) is 55.4 Å². The summed E-state index contributed by atoms with van der Waals surface area (Å²) in [5.74, 6) is -0.584. The van der Waals surface area contributed by atoms with E-state index in [-0.39, 0.29) is 11.9 Å². The van der Waals surface area contributed by atoms with Gasteiger partial charge in [0, 0.05) is 11.8 Å². The van der Waals surface area contributed by atoms with Gasteiger partial charge >= 0.3 is 5.97 Å². The fourth-order valence-corrected chi connectivity index (χ4v) is 1.91. The van der Waals surface area contributed by atoms with Crippen LogP contribution in [0.25, 0.3) is 6.08 Å². The Hall–Kier alpha value is -2.88. The lowest BCUT2D eigenvalue weighted by atomic mass is 10.1. The Labute approximate surface area is 129 Å². The number of methoxy groups -OCH3 is 1. The zero-order valence-electron chi connectivity index (χ0n) is 12.5. The summed E-state index contributed by atoms with van der Waals surface area (Å²) in [5.41, 5.74) is 3.10. The third kappa shape index (κ3) is 4.06. The molecule has 2 rings (SSSR count). The van der Waals surface area contributed by atoms with Crippen molar-refractivity contribution in [3.05, 3.63) is 71.3 Å². The summed E-state index contributed by atoms with van der Waals surface area (Å²) in [6.07, 6.45) is 3.15. The summed E-state index contributed by atoms with van der Waals surface area (Å²) in [4.78, 5) is 23.2. The quantitative estimate of drug-likeness (QED) is 0.694. The minimum Gasteiger partial charge on any atom is -0.465 e. The van der Waals surface area contributed by atoms with Gasteiger partial charge in [0.2, 0.25) is 5.91 Å². The van der Waals surface area contributed by atoms with E-state index in [4.69, 9.17) is 0 Å². The van der Waals surface area contributed by atoms with Gasteiger partial charge in [0.1, 0.15) is 0 Å². The molecule has 2 aromatic carbocycles. The van der Waals surface area contributed by atoms with Crippen molar-refractivity contribution in [1.82, 2.24) is 0 Å². The van der Waals surface area contributed by atoms with E-state index in [1.165, 1.54) is 13.2 Å². The number of aryl methyl sites for hydroxylation is 1. The smallest absolute Gasteiger partial charge is 0.337 e. The Morgan fingerprint density at radius 2 is 1.73 bits per heavy atom. The number of ether oxygens (including phenoxy) is 1. The second kappa shape index (κ2) is 7.22. The van der Waals surface area contributed by atoms with Crippen molar-refractivity contribution in [2.24, 2.45) is 0 Å². The molecule has 4 nitrogen and oxygen atoms in total. The summed E-state index contributed by atoms with van der Waals surface area (Å²) < 4.78 is 4.63. The number of nitrogens with one attached hydrogen (secondary N) is 1. The highest BCUT2D eigenvalue weighted by Gasteiger charge is 2.04.